The molecule has 2 aromatic heterocycles. The molecule has 1 saturated heterocycles. The van der Waals surface area contributed by atoms with E-state index in [9.17, 15) is 4.39 Å². The molecule has 3 heterocycles. The maximum Gasteiger partial charge on any atom is 0.173 e. The Morgan fingerprint density at radius 3 is 2.73 bits per heavy atom. The number of nitrogens with two attached hydrogens (primary N) is 2. The molecule has 0 unspecified atom stereocenters. The third-order valence-electron chi connectivity index (χ3n) is 5.49. The first-order chi connectivity index (χ1) is 14.3. The van der Waals surface area contributed by atoms with Gasteiger partial charge in [-0.25, -0.2) is 14.4 Å². The molecule has 7 nitrogen and oxygen atoms in total. The molecule has 0 atom stereocenters. The van der Waals surface area contributed by atoms with Crippen molar-refractivity contribution in [2.24, 2.45) is 10.7 Å². The van der Waals surface area contributed by atoms with E-state index in [1.54, 1.807) is 23.7 Å². The molecule has 0 spiro atoms. The van der Waals surface area contributed by atoms with Crippen LogP contribution in [0.5, 0.6) is 0 Å². The summed E-state index contributed by atoms with van der Waals surface area (Å²) < 4.78 is 15.9. The van der Waals surface area contributed by atoms with Crippen LogP contribution in [0, 0.1) is 12.7 Å². The number of anilines is 2. The summed E-state index contributed by atoms with van der Waals surface area (Å²) in [5.41, 5.74) is 15.6. The number of piperidine rings is 1. The molecule has 5 N–H and O–H groups in total. The fourth-order valence-corrected chi connectivity index (χ4v) is 4.23. The Labute approximate surface area is 179 Å². The Bertz CT molecular complexity index is 1090. The van der Waals surface area contributed by atoms with Crippen LogP contribution in [0.25, 0.3) is 5.65 Å². The molecule has 0 bridgehead atoms. The Morgan fingerprint density at radius 2 is 2.03 bits per heavy atom. The predicted molar refractivity (Wildman–Crippen MR) is 120 cm³/mol. The van der Waals surface area contributed by atoms with Crippen molar-refractivity contribution in [1.29, 1.82) is 0 Å². The number of aryl methyl sites for hydroxylation is 1. The van der Waals surface area contributed by atoms with Gasteiger partial charge in [-0.15, -0.1) is 0 Å². The van der Waals surface area contributed by atoms with Crippen LogP contribution in [0.4, 0.5) is 21.5 Å². The summed E-state index contributed by atoms with van der Waals surface area (Å²) in [6, 6.07) is 5.42. The van der Waals surface area contributed by atoms with Crippen molar-refractivity contribution in [2.75, 3.05) is 30.8 Å². The Balaban J connectivity index is 1.66. The number of benzene rings is 1. The lowest BCUT2D eigenvalue weighted by molar-refractivity contribution is 0.443. The average molecular weight is 430 g/mol. The zero-order valence-electron chi connectivity index (χ0n) is 17.0. The number of rotatable bonds is 4. The Hall–Kier alpha value is -2.84. The largest absolute Gasteiger partial charge is 0.398 e. The van der Waals surface area contributed by atoms with Gasteiger partial charge in [0.2, 0.25) is 0 Å². The molecule has 158 valence electrons. The first kappa shape index (κ1) is 20.4. The number of nitrogen functional groups attached to an aromatic ring is 1. The van der Waals surface area contributed by atoms with Crippen LogP contribution < -0.4 is 21.7 Å². The van der Waals surface area contributed by atoms with Gasteiger partial charge in [0.15, 0.2) is 11.5 Å². The predicted octanol–water partition coefficient (Wildman–Crippen LogP) is 3.24. The first-order valence-corrected chi connectivity index (χ1v) is 10.2. The lowest BCUT2D eigenvalue weighted by Gasteiger charge is -2.33. The first-order valence-electron chi connectivity index (χ1n) is 9.85. The van der Waals surface area contributed by atoms with Gasteiger partial charge in [0.05, 0.1) is 22.0 Å². The Kier molecular flexibility index (Phi) is 5.53. The van der Waals surface area contributed by atoms with Gasteiger partial charge in [-0.1, -0.05) is 11.6 Å². The van der Waals surface area contributed by atoms with Crippen molar-refractivity contribution in [3.8, 4) is 0 Å². The number of nitrogens with zero attached hydrogens (tertiary/aromatic N) is 4. The van der Waals surface area contributed by atoms with Gasteiger partial charge in [-0.05, 0) is 45.0 Å². The monoisotopic (exact) mass is 429 g/mol. The summed E-state index contributed by atoms with van der Waals surface area (Å²) >= 11 is 6.54. The second-order valence-corrected chi connectivity index (χ2v) is 8.05. The van der Waals surface area contributed by atoms with E-state index in [0.717, 1.165) is 31.6 Å². The van der Waals surface area contributed by atoms with E-state index >= 15 is 0 Å². The summed E-state index contributed by atoms with van der Waals surface area (Å²) in [5.74, 6) is -0.348. The molecule has 0 amide bonds. The van der Waals surface area contributed by atoms with Crippen LogP contribution in [0.3, 0.4) is 0 Å². The van der Waals surface area contributed by atoms with E-state index in [0.29, 0.717) is 33.7 Å². The number of fused-ring (bicyclic) bond motifs is 1. The van der Waals surface area contributed by atoms with Crippen LogP contribution in [0.1, 0.15) is 24.1 Å². The minimum atomic E-state index is -0.477. The van der Waals surface area contributed by atoms with Crippen molar-refractivity contribution in [2.45, 2.75) is 25.8 Å². The maximum absolute atomic E-state index is 14.3. The molecule has 1 aliphatic rings. The van der Waals surface area contributed by atoms with Gasteiger partial charge >= 0.3 is 0 Å². The molecule has 9 heteroatoms. The third-order valence-corrected chi connectivity index (χ3v) is 5.79. The maximum atomic E-state index is 14.3. The zero-order valence-corrected chi connectivity index (χ0v) is 17.7. The van der Waals surface area contributed by atoms with Crippen LogP contribution in [-0.4, -0.2) is 41.4 Å². The number of hydrogen-bond donors (Lipinski definition) is 3. The van der Waals surface area contributed by atoms with Gasteiger partial charge in [0.1, 0.15) is 5.84 Å². The number of hydrogen-bond acceptors (Lipinski definition) is 5. The summed E-state index contributed by atoms with van der Waals surface area (Å²) in [4.78, 5) is 10.7. The van der Waals surface area contributed by atoms with Gasteiger partial charge in [-0.2, -0.15) is 0 Å². The lowest BCUT2D eigenvalue weighted by atomic mass is 10.0. The van der Waals surface area contributed by atoms with Crippen molar-refractivity contribution < 1.29 is 4.39 Å². The molecule has 3 aromatic rings. The van der Waals surface area contributed by atoms with Gasteiger partial charge < -0.3 is 26.1 Å². The zero-order chi connectivity index (χ0) is 21.4. The molecular formula is C21H25ClFN7. The third kappa shape index (κ3) is 3.93. The number of imidazole rings is 1. The fourth-order valence-electron chi connectivity index (χ4n) is 3.91. The van der Waals surface area contributed by atoms with E-state index in [2.05, 4.69) is 20.2 Å². The highest BCUT2D eigenvalue weighted by Gasteiger charge is 2.20. The lowest BCUT2D eigenvalue weighted by Crippen LogP contribution is -2.41. The van der Waals surface area contributed by atoms with Crippen LogP contribution in [0.15, 0.2) is 35.6 Å². The highest BCUT2D eigenvalue weighted by atomic mass is 35.5. The molecule has 1 fully saturated rings. The highest BCUT2D eigenvalue weighted by Crippen LogP contribution is 2.31. The van der Waals surface area contributed by atoms with E-state index in [4.69, 9.17) is 23.1 Å². The number of halogens is 2. The van der Waals surface area contributed by atoms with Crippen LogP contribution >= 0.6 is 11.6 Å². The minimum absolute atomic E-state index is 0.129. The standard InChI is InChI=1S/C21H25ClFN7/c1-12-10-30-11-13(7-17(23)21(30)27-12)28-20(25)19-16(22)8-15(9-18(19)24)29(2)14-3-5-26-6-4-14/h7-11,14,26H,3-6,24H2,1-2H3,(H2,25,28). The van der Waals surface area contributed by atoms with Gasteiger partial charge in [-0.3, -0.25) is 0 Å². The molecule has 30 heavy (non-hydrogen) atoms. The summed E-state index contributed by atoms with van der Waals surface area (Å²) in [7, 11) is 2.04. The summed E-state index contributed by atoms with van der Waals surface area (Å²) in [5, 5.41) is 3.77. The number of aliphatic imine (C=N–C) groups is 1. The number of amidine groups is 1. The normalized spacial score (nSPS) is 15.7. The number of nitrogens with one attached hydrogen (secondary N) is 1. The topological polar surface area (TPSA) is 97.0 Å². The summed E-state index contributed by atoms with van der Waals surface area (Å²) in [6.07, 6.45) is 5.50. The van der Waals surface area contributed by atoms with Crippen LogP contribution in [-0.2, 0) is 0 Å². The molecule has 0 saturated carbocycles. The van der Waals surface area contributed by atoms with E-state index < -0.39 is 5.82 Å². The van der Waals surface area contributed by atoms with Crippen molar-refractivity contribution in [3.05, 3.63) is 52.7 Å². The van der Waals surface area contributed by atoms with E-state index in [1.165, 1.54) is 6.07 Å². The smallest absolute Gasteiger partial charge is 0.173 e. The van der Waals surface area contributed by atoms with E-state index in [1.807, 2.05) is 19.2 Å². The van der Waals surface area contributed by atoms with Crippen LogP contribution in [0.2, 0.25) is 5.02 Å². The van der Waals surface area contributed by atoms with Crippen molar-refractivity contribution in [1.82, 2.24) is 14.7 Å². The SMILES string of the molecule is Cc1cn2cc(N=C(N)c3c(N)cc(N(C)C4CCNCC4)cc3Cl)cc(F)c2n1. The summed E-state index contributed by atoms with van der Waals surface area (Å²) in [6.45, 7) is 3.78. The second-order valence-electron chi connectivity index (χ2n) is 7.64. The fraction of sp³-hybridized carbons (Fsp3) is 0.333. The van der Waals surface area contributed by atoms with Crippen molar-refractivity contribution >= 4 is 40.1 Å². The molecule has 4 rings (SSSR count). The number of aromatic nitrogens is 2. The number of pyridine rings is 1. The van der Waals surface area contributed by atoms with Gasteiger partial charge in [0, 0.05) is 42.9 Å². The van der Waals surface area contributed by atoms with Crippen molar-refractivity contribution in [3.63, 3.8) is 0 Å². The molecule has 1 aromatic carbocycles. The Morgan fingerprint density at radius 1 is 1.30 bits per heavy atom. The molecule has 0 aliphatic carbocycles. The van der Waals surface area contributed by atoms with Gasteiger partial charge in [0.25, 0.3) is 0 Å². The molecule has 0 radical (unpaired) electrons. The quantitative estimate of drug-likeness (QED) is 0.336. The second kappa shape index (κ2) is 8.12. The molecule has 1 aliphatic heterocycles. The van der Waals surface area contributed by atoms with E-state index in [-0.39, 0.29) is 11.5 Å². The molecular weight excluding hydrogens is 405 g/mol. The highest BCUT2D eigenvalue weighted by molar-refractivity contribution is 6.35. The average Bonchev–Trinajstić information content (AvgIpc) is 3.08. The minimum Gasteiger partial charge on any atom is -0.398 e.